The van der Waals surface area contributed by atoms with E-state index in [1.807, 2.05) is 25.2 Å². The summed E-state index contributed by atoms with van der Waals surface area (Å²) in [5.74, 6) is -4.24. The van der Waals surface area contributed by atoms with Crippen LogP contribution in [0.3, 0.4) is 0 Å². The molecule has 4 amide bonds. The molecule has 43 heavy (non-hydrogen) atoms. The molecule has 11 nitrogen and oxygen atoms in total. The highest BCUT2D eigenvalue weighted by Crippen LogP contribution is 2.65. The highest BCUT2D eigenvalue weighted by atomic mass is 19.4. The summed E-state index contributed by atoms with van der Waals surface area (Å²) in [6.45, 7) is 10.7. The van der Waals surface area contributed by atoms with E-state index in [1.165, 1.54) is 32.6 Å². The lowest BCUT2D eigenvalue weighted by molar-refractivity contribution is -0.176. The van der Waals surface area contributed by atoms with E-state index < -0.39 is 53.0 Å². The number of halogens is 3. The summed E-state index contributed by atoms with van der Waals surface area (Å²) in [6, 6.07) is -0.181. The minimum absolute atomic E-state index is 0.0978. The van der Waals surface area contributed by atoms with E-state index >= 15 is 0 Å². The Morgan fingerprint density at radius 1 is 1.19 bits per heavy atom. The topological polar surface area (TPSA) is 155 Å². The first-order valence-electron chi connectivity index (χ1n) is 14.1. The van der Waals surface area contributed by atoms with Crippen LogP contribution in [0.25, 0.3) is 0 Å². The second-order valence-electron chi connectivity index (χ2n) is 13.4. The van der Waals surface area contributed by atoms with Crippen LogP contribution in [0.1, 0.15) is 58.4 Å². The van der Waals surface area contributed by atoms with Gasteiger partial charge in [-0.05, 0) is 34.3 Å². The van der Waals surface area contributed by atoms with Crippen LogP contribution in [-0.4, -0.2) is 75.8 Å². The molecule has 2 aliphatic heterocycles. The largest absolute Gasteiger partial charge is 0.471 e. The smallest absolute Gasteiger partial charge is 0.338 e. The molecule has 1 aromatic heterocycles. The number of rotatable bonds is 6. The van der Waals surface area contributed by atoms with Gasteiger partial charge >= 0.3 is 12.1 Å². The monoisotopic (exact) mass is 606 g/mol. The molecule has 1 aromatic rings. The van der Waals surface area contributed by atoms with E-state index in [0.717, 1.165) is 5.56 Å². The molecule has 1 aliphatic carbocycles. The van der Waals surface area contributed by atoms with Gasteiger partial charge in [0.15, 0.2) is 0 Å². The Hall–Kier alpha value is -3.89. The average Bonchev–Trinajstić information content (AvgIpc) is 3.21. The first-order valence-corrected chi connectivity index (χ1v) is 14.1. The first kappa shape index (κ1) is 32.0. The van der Waals surface area contributed by atoms with Crippen molar-refractivity contribution in [3.63, 3.8) is 0 Å². The molecule has 0 aromatic carbocycles. The Bertz CT molecular complexity index is 1440. The third-order valence-electron chi connectivity index (χ3n) is 9.03. The highest BCUT2D eigenvalue weighted by Gasteiger charge is 2.70. The molecule has 0 bridgehead atoms. The van der Waals surface area contributed by atoms with Crippen molar-refractivity contribution in [2.24, 2.45) is 22.7 Å². The molecular formula is C29H37F3N6O5. The number of fused-ring (bicyclic) bond motifs is 2. The number of hydrogen-bond acceptors (Lipinski definition) is 6. The van der Waals surface area contributed by atoms with Gasteiger partial charge in [0.25, 0.3) is 5.56 Å². The lowest BCUT2D eigenvalue weighted by Crippen LogP contribution is -2.61. The molecule has 0 radical (unpaired) electrons. The van der Waals surface area contributed by atoms with Crippen molar-refractivity contribution in [2.45, 2.75) is 85.2 Å². The SMILES string of the molecule is CC(=O)N1CCc2[nH]c(=O)c(CC(C#N)NC(=O)[C@@H]3[C@H]4[C@H](CN3C(=O)[C@@H](NC(=O)C(F)(F)F)C(C)(C)C)C4(C)C)cc2C1. The van der Waals surface area contributed by atoms with Crippen molar-refractivity contribution < 1.29 is 32.3 Å². The number of likely N-dealkylation sites (tertiary alicyclic amines) is 1. The molecule has 1 saturated carbocycles. The quantitative estimate of drug-likeness (QED) is 0.445. The molecule has 3 heterocycles. The molecule has 4 rings (SSSR count). The van der Waals surface area contributed by atoms with Crippen molar-refractivity contribution in [2.75, 3.05) is 13.1 Å². The lowest BCUT2D eigenvalue weighted by Gasteiger charge is -2.37. The van der Waals surface area contributed by atoms with Gasteiger partial charge in [0.05, 0.1) is 6.07 Å². The van der Waals surface area contributed by atoms with Crippen molar-refractivity contribution in [1.82, 2.24) is 25.4 Å². The predicted molar refractivity (Wildman–Crippen MR) is 147 cm³/mol. The van der Waals surface area contributed by atoms with E-state index in [4.69, 9.17) is 0 Å². The van der Waals surface area contributed by atoms with Crippen LogP contribution in [0.5, 0.6) is 0 Å². The normalized spacial score (nSPS) is 23.8. The number of H-pyrrole nitrogens is 1. The Morgan fingerprint density at radius 2 is 1.84 bits per heavy atom. The number of aromatic amines is 1. The van der Waals surface area contributed by atoms with Gasteiger partial charge in [0, 0.05) is 50.7 Å². The van der Waals surface area contributed by atoms with Crippen LogP contribution in [-0.2, 0) is 38.6 Å². The van der Waals surface area contributed by atoms with Gasteiger partial charge in [-0.1, -0.05) is 34.6 Å². The summed E-state index contributed by atoms with van der Waals surface area (Å²) in [5, 5.41) is 14.3. The summed E-state index contributed by atoms with van der Waals surface area (Å²) in [7, 11) is 0. The summed E-state index contributed by atoms with van der Waals surface area (Å²) in [5.41, 5.74) is -0.171. The molecule has 5 atom stereocenters. The molecule has 1 saturated heterocycles. The Labute approximate surface area is 247 Å². The molecule has 14 heteroatoms. The molecule has 0 spiro atoms. The highest BCUT2D eigenvalue weighted by molar-refractivity contribution is 5.95. The fraction of sp³-hybridized carbons (Fsp3) is 0.655. The number of amides is 4. The fourth-order valence-electron chi connectivity index (χ4n) is 6.42. The third kappa shape index (κ3) is 6.26. The first-order chi connectivity index (χ1) is 19.8. The maximum Gasteiger partial charge on any atom is 0.471 e. The number of alkyl halides is 3. The summed E-state index contributed by atoms with van der Waals surface area (Å²) >= 11 is 0. The third-order valence-corrected chi connectivity index (χ3v) is 9.03. The Morgan fingerprint density at radius 3 is 2.40 bits per heavy atom. The van der Waals surface area contributed by atoms with Crippen LogP contribution in [0.15, 0.2) is 10.9 Å². The number of nitrogens with zero attached hydrogens (tertiary/aromatic N) is 3. The molecular weight excluding hydrogens is 569 g/mol. The zero-order valence-electron chi connectivity index (χ0n) is 25.0. The number of carbonyl (C=O) groups is 4. The number of pyridine rings is 1. The Balaban J connectivity index is 1.55. The minimum Gasteiger partial charge on any atom is -0.338 e. The van der Waals surface area contributed by atoms with Gasteiger partial charge in [-0.25, -0.2) is 0 Å². The molecule has 2 fully saturated rings. The molecule has 1 unspecified atom stereocenters. The zero-order chi connectivity index (χ0) is 32.2. The van der Waals surface area contributed by atoms with Crippen molar-refractivity contribution in [3.05, 3.63) is 33.2 Å². The molecule has 234 valence electrons. The van der Waals surface area contributed by atoms with Crippen LogP contribution in [0.4, 0.5) is 13.2 Å². The number of carbonyl (C=O) groups excluding carboxylic acids is 4. The number of nitrogens with one attached hydrogen (secondary N) is 3. The maximum absolute atomic E-state index is 13.7. The minimum atomic E-state index is -5.20. The second-order valence-corrected chi connectivity index (χ2v) is 13.4. The van der Waals surface area contributed by atoms with Crippen LogP contribution in [0, 0.1) is 34.0 Å². The van der Waals surface area contributed by atoms with Gasteiger partial charge < -0.3 is 25.4 Å². The fourth-order valence-corrected chi connectivity index (χ4v) is 6.42. The number of hydrogen-bond donors (Lipinski definition) is 3. The van der Waals surface area contributed by atoms with Gasteiger partial charge in [-0.3, -0.25) is 24.0 Å². The van der Waals surface area contributed by atoms with Crippen LogP contribution >= 0.6 is 0 Å². The summed E-state index contributed by atoms with van der Waals surface area (Å²) in [6.07, 6.45) is -4.87. The van der Waals surface area contributed by atoms with Gasteiger partial charge in [0.1, 0.15) is 18.1 Å². The molecule has 3 aliphatic rings. The van der Waals surface area contributed by atoms with Crippen LogP contribution in [0.2, 0.25) is 0 Å². The van der Waals surface area contributed by atoms with Crippen molar-refractivity contribution in [3.8, 4) is 6.07 Å². The van der Waals surface area contributed by atoms with E-state index in [-0.39, 0.29) is 41.7 Å². The van der Waals surface area contributed by atoms with Crippen LogP contribution < -0.4 is 16.2 Å². The maximum atomic E-state index is 13.7. The zero-order valence-corrected chi connectivity index (χ0v) is 25.0. The van der Waals surface area contributed by atoms with Gasteiger partial charge in [-0.15, -0.1) is 0 Å². The Kier molecular flexibility index (Phi) is 8.19. The van der Waals surface area contributed by atoms with E-state index in [0.29, 0.717) is 25.2 Å². The second kappa shape index (κ2) is 11.0. The van der Waals surface area contributed by atoms with Gasteiger partial charge in [0.2, 0.25) is 17.7 Å². The molecule has 3 N–H and O–H groups in total. The number of piperidine rings is 1. The predicted octanol–water partition coefficient (Wildman–Crippen LogP) is 1.41. The average molecular weight is 607 g/mol. The van der Waals surface area contributed by atoms with Gasteiger partial charge in [-0.2, -0.15) is 18.4 Å². The number of aromatic nitrogens is 1. The standard InChI is InChI=1S/C29H37F3N6O5/c1-14(39)37-8-7-19-16(12-37)9-15(23(40)35-19)10-17(11-33)34-24(41)21-20-18(28(20,5)6)13-38(21)25(42)22(27(2,3)4)36-26(43)29(30,31)32/h9,17-18,20-22H,7-8,10,12-13H2,1-6H3,(H,34,41)(H,35,40)(H,36,43)/t17?,18-,20+,21-,22+/m0/s1. The van der Waals surface area contributed by atoms with Crippen molar-refractivity contribution in [1.29, 1.82) is 5.26 Å². The van der Waals surface area contributed by atoms with E-state index in [9.17, 15) is 42.4 Å². The lowest BCUT2D eigenvalue weighted by atomic mass is 9.85. The van der Waals surface area contributed by atoms with Crippen molar-refractivity contribution >= 4 is 23.6 Å². The van der Waals surface area contributed by atoms with E-state index in [2.05, 4.69) is 10.3 Å². The summed E-state index contributed by atoms with van der Waals surface area (Å²) in [4.78, 5) is 69.4. The number of nitriles is 1. The summed E-state index contributed by atoms with van der Waals surface area (Å²) < 4.78 is 39.2. The van der Waals surface area contributed by atoms with E-state index in [1.54, 1.807) is 11.0 Å².